The van der Waals surface area contributed by atoms with Crippen LogP contribution in [0.4, 0.5) is 10.5 Å². The largest absolute Gasteiger partial charge is 0.444 e. The summed E-state index contributed by atoms with van der Waals surface area (Å²) in [5, 5.41) is 2.84. The number of anilines is 1. The van der Waals surface area contributed by atoms with E-state index in [0.29, 0.717) is 0 Å². The van der Waals surface area contributed by atoms with E-state index in [4.69, 9.17) is 4.74 Å². The highest BCUT2D eigenvalue weighted by molar-refractivity contribution is 8.01. The molecule has 0 aliphatic carbocycles. The van der Waals surface area contributed by atoms with Gasteiger partial charge >= 0.3 is 6.09 Å². The van der Waals surface area contributed by atoms with Crippen LogP contribution in [0.15, 0.2) is 59.5 Å². The number of amides is 2. The fourth-order valence-electron chi connectivity index (χ4n) is 2.88. The first kappa shape index (κ1) is 18.3. The van der Waals surface area contributed by atoms with Gasteiger partial charge in [-0.1, -0.05) is 48.2 Å². The number of alkyl carbamates (subject to hydrolysis) is 1. The molecule has 1 heterocycles. The number of likely N-dealkylation sites (N-methyl/N-ethyl adjacent to an activating group) is 1. The normalized spacial score (nSPS) is 19.2. The minimum atomic E-state index is -1.27. The lowest BCUT2D eigenvalue weighted by atomic mass is 10.1. The fraction of sp³-hybridized carbons (Fsp3) is 0.300. The van der Waals surface area contributed by atoms with Crippen LogP contribution in [-0.4, -0.2) is 24.6 Å². The molecule has 1 atom stereocenters. The molecule has 1 N–H and O–H groups in total. The van der Waals surface area contributed by atoms with E-state index in [1.807, 2.05) is 54.6 Å². The molecule has 1 aliphatic rings. The van der Waals surface area contributed by atoms with Gasteiger partial charge in [0.2, 0.25) is 4.87 Å². The van der Waals surface area contributed by atoms with Crippen molar-refractivity contribution < 1.29 is 14.3 Å². The number of nitrogens with one attached hydrogen (secondary N) is 1. The quantitative estimate of drug-likeness (QED) is 0.825. The molecule has 6 heteroatoms. The zero-order chi connectivity index (χ0) is 18.9. The predicted molar refractivity (Wildman–Crippen MR) is 103 cm³/mol. The van der Waals surface area contributed by atoms with Crippen molar-refractivity contribution in [1.29, 1.82) is 0 Å². The molecule has 0 aromatic heterocycles. The second-order valence-corrected chi connectivity index (χ2v) is 8.39. The van der Waals surface area contributed by atoms with Gasteiger partial charge in [0.15, 0.2) is 0 Å². The van der Waals surface area contributed by atoms with Crippen molar-refractivity contribution in [2.24, 2.45) is 0 Å². The van der Waals surface area contributed by atoms with E-state index in [9.17, 15) is 9.59 Å². The molecule has 0 fully saturated rings. The average Bonchev–Trinajstić information content (AvgIpc) is 2.77. The number of hydrogen-bond donors (Lipinski definition) is 1. The number of carbonyl (C=O) groups excluding carboxylic acids is 2. The molecule has 2 aromatic rings. The maximum absolute atomic E-state index is 13.2. The lowest BCUT2D eigenvalue weighted by molar-refractivity contribution is -0.120. The number of benzene rings is 2. The Kier molecular flexibility index (Phi) is 4.71. The maximum atomic E-state index is 13.2. The van der Waals surface area contributed by atoms with Crippen LogP contribution in [0.2, 0.25) is 0 Å². The summed E-state index contributed by atoms with van der Waals surface area (Å²) < 4.78 is 5.43. The van der Waals surface area contributed by atoms with Crippen molar-refractivity contribution in [3.05, 3.63) is 60.2 Å². The SMILES string of the molecule is CN1C(=O)[C@](NC(=O)OC(C)(C)C)(Sc2ccccc2)c2ccccc21. The molecule has 0 bridgehead atoms. The molecule has 0 unspecified atom stereocenters. The Morgan fingerprint density at radius 1 is 1.08 bits per heavy atom. The molecular weight excluding hydrogens is 348 g/mol. The smallest absolute Gasteiger partial charge is 0.409 e. The third-order valence-corrected chi connectivity index (χ3v) is 5.25. The van der Waals surface area contributed by atoms with Gasteiger partial charge in [0.05, 0.1) is 5.69 Å². The Morgan fingerprint density at radius 3 is 2.35 bits per heavy atom. The third kappa shape index (κ3) is 3.42. The second-order valence-electron chi connectivity index (χ2n) is 7.10. The van der Waals surface area contributed by atoms with Gasteiger partial charge in [-0.15, -0.1) is 0 Å². The van der Waals surface area contributed by atoms with Crippen LogP contribution in [0.3, 0.4) is 0 Å². The van der Waals surface area contributed by atoms with Crippen LogP contribution >= 0.6 is 11.8 Å². The van der Waals surface area contributed by atoms with Gasteiger partial charge in [-0.2, -0.15) is 0 Å². The minimum absolute atomic E-state index is 0.210. The molecule has 3 rings (SSSR count). The third-order valence-electron chi connectivity index (χ3n) is 3.94. The topological polar surface area (TPSA) is 58.6 Å². The van der Waals surface area contributed by atoms with Crippen molar-refractivity contribution in [1.82, 2.24) is 5.32 Å². The van der Waals surface area contributed by atoms with E-state index in [2.05, 4.69) is 5.32 Å². The Morgan fingerprint density at radius 2 is 1.69 bits per heavy atom. The van der Waals surface area contributed by atoms with Crippen molar-refractivity contribution in [3.8, 4) is 0 Å². The number of thioether (sulfide) groups is 1. The van der Waals surface area contributed by atoms with Crippen LogP contribution in [0, 0.1) is 0 Å². The Labute approximate surface area is 157 Å². The summed E-state index contributed by atoms with van der Waals surface area (Å²) in [6, 6.07) is 17.0. The van der Waals surface area contributed by atoms with E-state index >= 15 is 0 Å². The Bertz CT molecular complexity index is 832. The lowest BCUT2D eigenvalue weighted by Crippen LogP contribution is -2.51. The van der Waals surface area contributed by atoms with E-state index in [1.54, 1.807) is 32.7 Å². The first-order valence-electron chi connectivity index (χ1n) is 8.36. The number of ether oxygens (including phenoxy) is 1. The van der Waals surface area contributed by atoms with Gasteiger partial charge in [0, 0.05) is 17.5 Å². The number of para-hydroxylation sites is 1. The van der Waals surface area contributed by atoms with Crippen molar-refractivity contribution in [2.45, 2.75) is 36.1 Å². The highest BCUT2D eigenvalue weighted by Crippen LogP contribution is 2.49. The van der Waals surface area contributed by atoms with Crippen LogP contribution in [0.5, 0.6) is 0 Å². The number of carbonyl (C=O) groups is 2. The van der Waals surface area contributed by atoms with E-state index in [0.717, 1.165) is 16.1 Å². The van der Waals surface area contributed by atoms with Gasteiger partial charge in [-0.05, 0) is 39.0 Å². The van der Waals surface area contributed by atoms with Crippen LogP contribution in [0.1, 0.15) is 26.3 Å². The lowest BCUT2D eigenvalue weighted by Gasteiger charge is -2.30. The molecule has 0 saturated carbocycles. The van der Waals surface area contributed by atoms with E-state index < -0.39 is 16.6 Å². The Balaban J connectivity index is 2.05. The highest BCUT2D eigenvalue weighted by Gasteiger charge is 2.52. The summed E-state index contributed by atoms with van der Waals surface area (Å²) in [5.74, 6) is -0.210. The van der Waals surface area contributed by atoms with Crippen LogP contribution < -0.4 is 10.2 Å². The number of rotatable bonds is 3. The fourth-order valence-corrected chi connectivity index (χ4v) is 4.17. The summed E-state index contributed by atoms with van der Waals surface area (Å²) in [6.07, 6.45) is -0.626. The van der Waals surface area contributed by atoms with Crippen molar-refractivity contribution >= 4 is 29.4 Å². The standard InChI is InChI=1S/C20H22N2O3S/c1-19(2,3)25-18(24)21-20(26-14-10-6-5-7-11-14)15-12-8-9-13-16(15)22(4)17(20)23/h5-13H,1-4H3,(H,21,24)/t20-/m1/s1. The Hall–Kier alpha value is -2.47. The van der Waals surface area contributed by atoms with Gasteiger partial charge in [0.25, 0.3) is 5.91 Å². The second kappa shape index (κ2) is 6.68. The maximum Gasteiger partial charge on any atom is 0.409 e. The molecule has 136 valence electrons. The highest BCUT2D eigenvalue weighted by atomic mass is 32.2. The van der Waals surface area contributed by atoms with Crippen LogP contribution in [0.25, 0.3) is 0 Å². The molecule has 26 heavy (non-hydrogen) atoms. The van der Waals surface area contributed by atoms with E-state index in [-0.39, 0.29) is 5.91 Å². The zero-order valence-corrected chi connectivity index (χ0v) is 16.1. The molecule has 1 aliphatic heterocycles. The van der Waals surface area contributed by atoms with Crippen LogP contribution in [-0.2, 0) is 14.4 Å². The summed E-state index contributed by atoms with van der Waals surface area (Å²) in [6.45, 7) is 5.38. The molecule has 2 aromatic carbocycles. The van der Waals surface area contributed by atoms with Crippen molar-refractivity contribution in [2.75, 3.05) is 11.9 Å². The molecular formula is C20H22N2O3S. The monoisotopic (exact) mass is 370 g/mol. The zero-order valence-electron chi connectivity index (χ0n) is 15.3. The molecule has 0 saturated heterocycles. The first-order chi connectivity index (χ1) is 12.2. The first-order valence-corrected chi connectivity index (χ1v) is 9.17. The molecule has 2 amide bonds. The van der Waals surface area contributed by atoms with Gasteiger partial charge in [-0.25, -0.2) is 4.79 Å². The van der Waals surface area contributed by atoms with Gasteiger partial charge in [-0.3, -0.25) is 10.1 Å². The van der Waals surface area contributed by atoms with Gasteiger partial charge < -0.3 is 9.64 Å². The predicted octanol–water partition coefficient (Wildman–Crippen LogP) is 4.13. The molecule has 0 spiro atoms. The minimum Gasteiger partial charge on any atom is -0.444 e. The summed E-state index contributed by atoms with van der Waals surface area (Å²) in [5.41, 5.74) is 0.861. The van der Waals surface area contributed by atoms with Gasteiger partial charge in [0.1, 0.15) is 5.60 Å². The van der Waals surface area contributed by atoms with Crippen molar-refractivity contribution in [3.63, 3.8) is 0 Å². The summed E-state index contributed by atoms with van der Waals surface area (Å²) >= 11 is 1.30. The molecule has 5 nitrogen and oxygen atoms in total. The summed E-state index contributed by atoms with van der Waals surface area (Å²) in [7, 11) is 1.71. The number of nitrogens with zero attached hydrogens (tertiary/aromatic N) is 1. The summed E-state index contributed by atoms with van der Waals surface area (Å²) in [4.78, 5) is 27.0. The molecule has 0 radical (unpaired) electrons. The number of fused-ring (bicyclic) bond motifs is 1. The van der Waals surface area contributed by atoms with E-state index in [1.165, 1.54) is 11.8 Å². The average molecular weight is 370 g/mol. The number of hydrogen-bond acceptors (Lipinski definition) is 4.